The monoisotopic (exact) mass is 244 g/mol. The summed E-state index contributed by atoms with van der Waals surface area (Å²) in [7, 11) is -2.89. The lowest BCUT2D eigenvalue weighted by atomic mass is 10.0. The van der Waals surface area contributed by atoms with Crippen LogP contribution in [0.5, 0.6) is 0 Å². The van der Waals surface area contributed by atoms with Crippen molar-refractivity contribution in [3.63, 3.8) is 0 Å². The van der Waals surface area contributed by atoms with E-state index in [0.717, 1.165) is 0 Å². The summed E-state index contributed by atoms with van der Waals surface area (Å²) in [5.41, 5.74) is 0. The van der Waals surface area contributed by atoms with Crippen molar-refractivity contribution < 1.29 is 17.7 Å². The maximum absolute atomic E-state index is 11.2. The number of carbonyl (C=O) groups is 1. The highest BCUT2D eigenvalue weighted by Crippen LogP contribution is 2.27. The normalized spacial score (nSPS) is 20.8. The van der Waals surface area contributed by atoms with Crippen LogP contribution in [0.3, 0.4) is 0 Å². The quantitative estimate of drug-likeness (QED) is 0.706. The third kappa shape index (κ3) is 2.29. The van der Waals surface area contributed by atoms with Crippen molar-refractivity contribution in [2.75, 3.05) is 11.5 Å². The highest BCUT2D eigenvalue weighted by molar-refractivity contribution is 7.91. The number of rotatable bonds is 2. The number of ketones is 1. The Hall–Kier alpha value is -1.24. The van der Waals surface area contributed by atoms with E-state index in [-0.39, 0.29) is 29.0 Å². The molecule has 0 spiro atoms. The van der Waals surface area contributed by atoms with Crippen LogP contribution in [0, 0.1) is 0 Å². The third-order valence-electron chi connectivity index (χ3n) is 2.66. The van der Waals surface area contributed by atoms with Crippen LogP contribution in [-0.4, -0.2) is 35.8 Å². The van der Waals surface area contributed by atoms with Crippen molar-refractivity contribution in [3.8, 4) is 0 Å². The van der Waals surface area contributed by atoms with Crippen LogP contribution >= 0.6 is 0 Å². The summed E-state index contributed by atoms with van der Waals surface area (Å²) >= 11 is 0. The van der Waals surface area contributed by atoms with Gasteiger partial charge in [-0.15, -0.1) is 0 Å². The van der Waals surface area contributed by atoms with Gasteiger partial charge in [-0.2, -0.15) is 4.98 Å². The minimum atomic E-state index is -2.89. The van der Waals surface area contributed by atoms with Crippen LogP contribution < -0.4 is 0 Å². The van der Waals surface area contributed by atoms with Crippen LogP contribution in [0.4, 0.5) is 0 Å². The molecule has 0 atom stereocenters. The van der Waals surface area contributed by atoms with Gasteiger partial charge in [0.15, 0.2) is 0 Å². The topological polar surface area (TPSA) is 90.1 Å². The molecule has 1 aromatic heterocycles. The Labute approximate surface area is 93.0 Å². The van der Waals surface area contributed by atoms with Crippen molar-refractivity contribution >= 4 is 15.6 Å². The van der Waals surface area contributed by atoms with Gasteiger partial charge in [0.05, 0.1) is 11.5 Å². The smallest absolute Gasteiger partial charge is 0.238 e. The lowest BCUT2D eigenvalue weighted by molar-refractivity contribution is 0.100. The summed E-state index contributed by atoms with van der Waals surface area (Å²) in [6, 6.07) is 0. The van der Waals surface area contributed by atoms with E-state index in [0.29, 0.717) is 18.7 Å². The van der Waals surface area contributed by atoms with E-state index in [4.69, 9.17) is 4.52 Å². The van der Waals surface area contributed by atoms with Crippen LogP contribution in [0.25, 0.3) is 0 Å². The number of Topliss-reactive ketones (excluding diaryl/α,β-unsaturated/α-hetero) is 1. The first kappa shape index (κ1) is 11.3. The van der Waals surface area contributed by atoms with Gasteiger partial charge in [-0.1, -0.05) is 5.16 Å². The molecule has 0 bridgehead atoms. The molecule has 0 aromatic carbocycles. The number of carbonyl (C=O) groups excluding carboxylic acids is 1. The molecule has 0 unspecified atom stereocenters. The Morgan fingerprint density at radius 2 is 2.00 bits per heavy atom. The molecule has 0 aliphatic carbocycles. The van der Waals surface area contributed by atoms with Gasteiger partial charge >= 0.3 is 0 Å². The number of nitrogens with zero attached hydrogens (tertiary/aromatic N) is 2. The number of hydrogen-bond acceptors (Lipinski definition) is 6. The maximum Gasteiger partial charge on any atom is 0.238 e. The van der Waals surface area contributed by atoms with E-state index in [1.54, 1.807) is 0 Å². The Kier molecular flexibility index (Phi) is 2.79. The first-order chi connectivity index (χ1) is 7.48. The number of aromatic nitrogens is 2. The molecular formula is C9H12N2O4S. The highest BCUT2D eigenvalue weighted by Gasteiger charge is 2.28. The van der Waals surface area contributed by atoms with Crippen LogP contribution in [0.1, 0.15) is 42.2 Å². The molecular weight excluding hydrogens is 232 g/mol. The molecule has 2 rings (SSSR count). The minimum absolute atomic E-state index is 0.0378. The summed E-state index contributed by atoms with van der Waals surface area (Å²) in [6.45, 7) is 1.36. The molecule has 2 heterocycles. The zero-order chi connectivity index (χ0) is 11.8. The van der Waals surface area contributed by atoms with Gasteiger partial charge in [0.25, 0.3) is 0 Å². The van der Waals surface area contributed by atoms with E-state index in [2.05, 4.69) is 10.1 Å². The van der Waals surface area contributed by atoms with Gasteiger partial charge in [-0.05, 0) is 12.8 Å². The first-order valence-corrected chi connectivity index (χ1v) is 6.85. The summed E-state index contributed by atoms with van der Waals surface area (Å²) in [5.74, 6) is 0.441. The Morgan fingerprint density at radius 3 is 2.50 bits per heavy atom. The summed E-state index contributed by atoms with van der Waals surface area (Å²) < 4.78 is 27.4. The van der Waals surface area contributed by atoms with E-state index in [9.17, 15) is 13.2 Å². The van der Waals surface area contributed by atoms with Crippen molar-refractivity contribution in [2.45, 2.75) is 25.7 Å². The SMILES string of the molecule is CC(=O)c1noc(C2CCS(=O)(=O)CC2)n1. The zero-order valence-electron chi connectivity index (χ0n) is 8.84. The standard InChI is InChI=1S/C9H12N2O4S/c1-6(12)8-10-9(15-11-8)7-2-4-16(13,14)5-3-7/h7H,2-5H2,1H3. The molecule has 0 N–H and O–H groups in total. The minimum Gasteiger partial charge on any atom is -0.339 e. The predicted molar refractivity (Wildman–Crippen MR) is 54.9 cm³/mol. The molecule has 1 aliphatic rings. The predicted octanol–water partition coefficient (Wildman–Crippen LogP) is 0.564. The largest absolute Gasteiger partial charge is 0.339 e. The molecule has 0 radical (unpaired) electrons. The van der Waals surface area contributed by atoms with E-state index in [1.807, 2.05) is 0 Å². The summed E-state index contributed by atoms with van der Waals surface area (Å²) in [5, 5.41) is 3.54. The molecule has 0 amide bonds. The molecule has 0 saturated carbocycles. The van der Waals surface area contributed by atoms with E-state index < -0.39 is 9.84 Å². The second-order valence-electron chi connectivity index (χ2n) is 3.94. The maximum atomic E-state index is 11.2. The van der Waals surface area contributed by atoms with Gasteiger partial charge in [0.1, 0.15) is 9.84 Å². The zero-order valence-corrected chi connectivity index (χ0v) is 9.66. The van der Waals surface area contributed by atoms with Crippen LogP contribution in [-0.2, 0) is 9.84 Å². The molecule has 1 fully saturated rings. The molecule has 1 saturated heterocycles. The second kappa shape index (κ2) is 3.97. The molecule has 16 heavy (non-hydrogen) atoms. The molecule has 6 nitrogen and oxygen atoms in total. The number of hydrogen-bond donors (Lipinski definition) is 0. The Balaban J connectivity index is 2.11. The average molecular weight is 244 g/mol. The first-order valence-electron chi connectivity index (χ1n) is 5.03. The third-order valence-corrected chi connectivity index (χ3v) is 4.38. The van der Waals surface area contributed by atoms with Gasteiger partial charge in [-0.25, -0.2) is 8.42 Å². The fourth-order valence-corrected chi connectivity index (χ4v) is 3.17. The summed E-state index contributed by atoms with van der Waals surface area (Å²) in [4.78, 5) is 14.9. The van der Waals surface area contributed by atoms with Crippen molar-refractivity contribution in [2.24, 2.45) is 0 Å². The molecule has 1 aromatic rings. The molecule has 1 aliphatic heterocycles. The summed E-state index contributed by atoms with van der Waals surface area (Å²) in [6.07, 6.45) is 0.976. The fourth-order valence-electron chi connectivity index (χ4n) is 1.68. The lowest BCUT2D eigenvalue weighted by Crippen LogP contribution is -2.22. The Morgan fingerprint density at radius 1 is 1.38 bits per heavy atom. The number of sulfone groups is 1. The van der Waals surface area contributed by atoms with E-state index in [1.165, 1.54) is 6.92 Å². The molecule has 88 valence electrons. The van der Waals surface area contributed by atoms with Crippen molar-refractivity contribution in [3.05, 3.63) is 11.7 Å². The van der Waals surface area contributed by atoms with Gasteiger partial charge < -0.3 is 4.52 Å². The lowest BCUT2D eigenvalue weighted by Gasteiger charge is -2.17. The van der Waals surface area contributed by atoms with Gasteiger partial charge in [-0.3, -0.25) is 4.79 Å². The highest BCUT2D eigenvalue weighted by atomic mass is 32.2. The van der Waals surface area contributed by atoms with Gasteiger partial charge in [0, 0.05) is 12.8 Å². The van der Waals surface area contributed by atoms with Crippen LogP contribution in [0.2, 0.25) is 0 Å². The molecule has 7 heteroatoms. The average Bonchev–Trinajstić information content (AvgIpc) is 2.66. The van der Waals surface area contributed by atoms with Gasteiger partial charge in [0.2, 0.25) is 17.5 Å². The van der Waals surface area contributed by atoms with Crippen molar-refractivity contribution in [1.29, 1.82) is 0 Å². The van der Waals surface area contributed by atoms with E-state index >= 15 is 0 Å². The fraction of sp³-hybridized carbons (Fsp3) is 0.667. The Bertz CT molecular complexity index is 491. The van der Waals surface area contributed by atoms with Crippen LogP contribution in [0.15, 0.2) is 4.52 Å². The van der Waals surface area contributed by atoms with Crippen molar-refractivity contribution in [1.82, 2.24) is 10.1 Å². The second-order valence-corrected chi connectivity index (χ2v) is 6.24.